The van der Waals surface area contributed by atoms with Gasteiger partial charge in [0.05, 0.1) is 18.1 Å². The number of carboxylic acid groups (broad SMARTS) is 1. The molecule has 0 aliphatic carbocycles. The summed E-state index contributed by atoms with van der Waals surface area (Å²) >= 11 is 0. The van der Waals surface area contributed by atoms with Crippen molar-refractivity contribution in [1.82, 2.24) is 14.8 Å². The van der Waals surface area contributed by atoms with E-state index in [0.29, 0.717) is 12.2 Å². The predicted molar refractivity (Wildman–Crippen MR) is 63.4 cm³/mol. The zero-order valence-electron chi connectivity index (χ0n) is 10.2. The minimum Gasteiger partial charge on any atom is -0.478 e. The van der Waals surface area contributed by atoms with Gasteiger partial charge in [-0.2, -0.15) is 5.10 Å². The van der Waals surface area contributed by atoms with Crippen molar-refractivity contribution in [3.8, 4) is 5.88 Å². The molecule has 2 aromatic rings. The Morgan fingerprint density at radius 1 is 1.47 bits per heavy atom. The Morgan fingerprint density at radius 3 is 2.84 bits per heavy atom. The van der Waals surface area contributed by atoms with Crippen LogP contribution in [0.15, 0.2) is 24.5 Å². The van der Waals surface area contributed by atoms with Crippen molar-refractivity contribution in [2.24, 2.45) is 0 Å². The monoisotopic (exact) mass is 265 g/mol. The molecular weight excluding hydrogens is 253 g/mol. The molecule has 2 aromatic heterocycles. The summed E-state index contributed by atoms with van der Waals surface area (Å²) in [6, 6.07) is 2.60. The van der Waals surface area contributed by atoms with Gasteiger partial charge in [0.25, 0.3) is 0 Å². The fourth-order valence-electron chi connectivity index (χ4n) is 1.60. The summed E-state index contributed by atoms with van der Waals surface area (Å²) in [6.45, 7) is 2.38. The van der Waals surface area contributed by atoms with Gasteiger partial charge in [-0.25, -0.2) is 14.2 Å². The Kier molecular flexibility index (Phi) is 3.74. The van der Waals surface area contributed by atoms with E-state index < -0.39 is 11.8 Å². The van der Waals surface area contributed by atoms with Gasteiger partial charge in [0, 0.05) is 12.6 Å². The van der Waals surface area contributed by atoms with Crippen LogP contribution in [0.4, 0.5) is 4.39 Å². The standard InChI is InChI=1S/C12H12FN3O3/c1-2-16-10(9(6-15-16)12(17)18)7-19-11-4-3-8(13)5-14-11/h3-6H,2,7H2,1H3,(H,17,18). The highest BCUT2D eigenvalue weighted by molar-refractivity contribution is 5.88. The van der Waals surface area contributed by atoms with Crippen molar-refractivity contribution >= 4 is 5.97 Å². The highest BCUT2D eigenvalue weighted by atomic mass is 19.1. The van der Waals surface area contributed by atoms with Crippen molar-refractivity contribution in [3.05, 3.63) is 41.6 Å². The van der Waals surface area contributed by atoms with Gasteiger partial charge in [0.2, 0.25) is 5.88 Å². The van der Waals surface area contributed by atoms with Crippen LogP contribution in [0.25, 0.3) is 0 Å². The van der Waals surface area contributed by atoms with Crippen LogP contribution in [0.3, 0.4) is 0 Å². The largest absolute Gasteiger partial charge is 0.478 e. The summed E-state index contributed by atoms with van der Waals surface area (Å²) in [5.74, 6) is -1.30. The van der Waals surface area contributed by atoms with E-state index in [0.717, 1.165) is 6.20 Å². The maximum absolute atomic E-state index is 12.7. The molecular formula is C12H12FN3O3. The Labute approximate surface area is 108 Å². The first-order valence-corrected chi connectivity index (χ1v) is 5.64. The topological polar surface area (TPSA) is 77.2 Å². The first-order chi connectivity index (χ1) is 9.11. The molecule has 0 bridgehead atoms. The van der Waals surface area contributed by atoms with Crippen molar-refractivity contribution in [1.29, 1.82) is 0 Å². The van der Waals surface area contributed by atoms with Gasteiger partial charge in [-0.15, -0.1) is 0 Å². The van der Waals surface area contributed by atoms with Crippen molar-refractivity contribution in [2.75, 3.05) is 0 Å². The average Bonchev–Trinajstić information content (AvgIpc) is 2.81. The third kappa shape index (κ3) is 2.87. The van der Waals surface area contributed by atoms with Crippen LogP contribution < -0.4 is 4.74 Å². The Hall–Kier alpha value is -2.44. The number of ether oxygens (including phenoxy) is 1. The van der Waals surface area contributed by atoms with Crippen LogP contribution in [0.2, 0.25) is 0 Å². The Balaban J connectivity index is 2.16. The molecule has 0 aromatic carbocycles. The first-order valence-electron chi connectivity index (χ1n) is 5.64. The fraction of sp³-hybridized carbons (Fsp3) is 0.250. The molecule has 0 aliphatic heterocycles. The van der Waals surface area contributed by atoms with Crippen LogP contribution >= 0.6 is 0 Å². The third-order valence-electron chi connectivity index (χ3n) is 2.54. The quantitative estimate of drug-likeness (QED) is 0.890. The maximum Gasteiger partial charge on any atom is 0.339 e. The predicted octanol–water partition coefficient (Wildman–Crippen LogP) is 1.71. The first kappa shape index (κ1) is 13.0. The van der Waals surface area contributed by atoms with Crippen molar-refractivity contribution in [3.63, 3.8) is 0 Å². The van der Waals surface area contributed by atoms with E-state index in [-0.39, 0.29) is 18.1 Å². The van der Waals surface area contributed by atoms with Gasteiger partial charge >= 0.3 is 5.97 Å². The molecule has 0 amide bonds. The molecule has 0 radical (unpaired) electrons. The summed E-state index contributed by atoms with van der Waals surface area (Å²) < 4.78 is 19.6. The van der Waals surface area contributed by atoms with Gasteiger partial charge in [0.1, 0.15) is 18.0 Å². The number of rotatable bonds is 5. The zero-order chi connectivity index (χ0) is 13.8. The van der Waals surface area contributed by atoms with E-state index in [2.05, 4.69) is 10.1 Å². The van der Waals surface area contributed by atoms with Gasteiger partial charge < -0.3 is 9.84 Å². The molecule has 0 saturated heterocycles. The average molecular weight is 265 g/mol. The normalized spacial score (nSPS) is 10.4. The molecule has 2 rings (SSSR count). The molecule has 6 nitrogen and oxygen atoms in total. The van der Waals surface area contributed by atoms with Crippen LogP contribution in [-0.4, -0.2) is 25.8 Å². The van der Waals surface area contributed by atoms with E-state index in [9.17, 15) is 9.18 Å². The number of nitrogens with zero attached hydrogens (tertiary/aromatic N) is 3. The molecule has 0 aliphatic rings. The lowest BCUT2D eigenvalue weighted by Crippen LogP contribution is -2.10. The number of halogens is 1. The number of pyridine rings is 1. The second kappa shape index (κ2) is 5.47. The summed E-state index contributed by atoms with van der Waals surface area (Å²) in [6.07, 6.45) is 2.31. The van der Waals surface area contributed by atoms with Crippen LogP contribution in [0.5, 0.6) is 5.88 Å². The minimum absolute atomic E-state index is 0.00804. The summed E-state index contributed by atoms with van der Waals surface area (Å²) in [7, 11) is 0. The molecule has 0 fully saturated rings. The summed E-state index contributed by atoms with van der Waals surface area (Å²) in [4.78, 5) is 14.8. The SMILES string of the molecule is CCn1ncc(C(=O)O)c1COc1ccc(F)cn1. The van der Waals surface area contributed by atoms with E-state index in [1.807, 2.05) is 6.92 Å². The molecule has 0 spiro atoms. The number of aromatic carboxylic acids is 1. The maximum atomic E-state index is 12.7. The Bertz CT molecular complexity index is 580. The molecule has 0 saturated carbocycles. The fourth-order valence-corrected chi connectivity index (χ4v) is 1.60. The van der Waals surface area contributed by atoms with Crippen molar-refractivity contribution in [2.45, 2.75) is 20.1 Å². The van der Waals surface area contributed by atoms with E-state index in [1.165, 1.54) is 23.0 Å². The number of aryl methyl sites for hydroxylation is 1. The molecule has 0 unspecified atom stereocenters. The van der Waals surface area contributed by atoms with Gasteiger partial charge in [-0.3, -0.25) is 4.68 Å². The smallest absolute Gasteiger partial charge is 0.339 e. The summed E-state index contributed by atoms with van der Waals surface area (Å²) in [5.41, 5.74) is 0.532. The molecule has 100 valence electrons. The second-order valence-corrected chi connectivity index (χ2v) is 3.73. The second-order valence-electron chi connectivity index (χ2n) is 3.73. The number of aromatic nitrogens is 3. The molecule has 1 N–H and O–H groups in total. The van der Waals surface area contributed by atoms with E-state index >= 15 is 0 Å². The number of hydrogen-bond acceptors (Lipinski definition) is 4. The molecule has 19 heavy (non-hydrogen) atoms. The highest BCUT2D eigenvalue weighted by Gasteiger charge is 2.16. The van der Waals surface area contributed by atoms with Gasteiger partial charge in [-0.05, 0) is 13.0 Å². The number of hydrogen-bond donors (Lipinski definition) is 1. The van der Waals surface area contributed by atoms with Crippen molar-refractivity contribution < 1.29 is 19.0 Å². The molecule has 0 atom stereocenters. The van der Waals surface area contributed by atoms with Gasteiger partial charge in [0.15, 0.2) is 0 Å². The summed E-state index contributed by atoms with van der Waals surface area (Å²) in [5, 5.41) is 13.0. The minimum atomic E-state index is -1.06. The van der Waals surface area contributed by atoms with E-state index in [4.69, 9.17) is 9.84 Å². The molecule has 2 heterocycles. The number of carboxylic acids is 1. The van der Waals surface area contributed by atoms with Gasteiger partial charge in [-0.1, -0.05) is 0 Å². The third-order valence-corrected chi connectivity index (χ3v) is 2.54. The zero-order valence-corrected chi connectivity index (χ0v) is 10.2. The lowest BCUT2D eigenvalue weighted by molar-refractivity contribution is 0.0693. The lowest BCUT2D eigenvalue weighted by Gasteiger charge is -2.08. The number of carbonyl (C=O) groups is 1. The van der Waals surface area contributed by atoms with E-state index in [1.54, 1.807) is 0 Å². The Morgan fingerprint density at radius 2 is 2.26 bits per heavy atom. The highest BCUT2D eigenvalue weighted by Crippen LogP contribution is 2.13. The molecule has 7 heteroatoms. The van der Waals surface area contributed by atoms with Crippen LogP contribution in [0, 0.1) is 5.82 Å². The van der Waals surface area contributed by atoms with Crippen LogP contribution in [0.1, 0.15) is 23.0 Å². The lowest BCUT2D eigenvalue weighted by atomic mass is 10.2. The van der Waals surface area contributed by atoms with Crippen LogP contribution in [-0.2, 0) is 13.2 Å².